The molecule has 1 heterocycles. The zero-order valence-electron chi connectivity index (χ0n) is 12.0. The van der Waals surface area contributed by atoms with Crippen LogP contribution in [0.15, 0.2) is 0 Å². The number of aliphatic hydroxyl groups excluding tert-OH is 2. The SMILES string of the molecule is N[C@@H]1C[C@H](N)C([C@H]2O[C@H]([C@H](N)CF)CC[C@H]2N)[C@H](O)[C@H]1O. The molecule has 8 heteroatoms. The van der Waals surface area contributed by atoms with Gasteiger partial charge in [0.2, 0.25) is 0 Å². The van der Waals surface area contributed by atoms with E-state index in [2.05, 4.69) is 0 Å². The molecule has 7 nitrogen and oxygen atoms in total. The minimum absolute atomic E-state index is 0.333. The lowest BCUT2D eigenvalue weighted by atomic mass is 9.72. The van der Waals surface area contributed by atoms with Crippen LogP contribution in [-0.2, 0) is 4.74 Å². The summed E-state index contributed by atoms with van der Waals surface area (Å²) in [6.45, 7) is -0.681. The van der Waals surface area contributed by atoms with Crippen LogP contribution in [-0.4, -0.2) is 65.5 Å². The summed E-state index contributed by atoms with van der Waals surface area (Å²) in [4.78, 5) is 0. The Labute approximate surface area is 123 Å². The predicted molar refractivity (Wildman–Crippen MR) is 75.9 cm³/mol. The quantitative estimate of drug-likeness (QED) is 0.338. The highest BCUT2D eigenvalue weighted by atomic mass is 19.1. The standard InChI is InChI=1S/C13H27FN4O3/c14-4-8(18)9-2-1-5(15)13(21-9)10-6(16)3-7(17)11(19)12(10)20/h5-13,19-20H,1-4,15-18H2/t5-,6+,7-,8-,9+,10?,11+,12+,13+/m1/s1. The van der Waals surface area contributed by atoms with Crippen molar-refractivity contribution in [2.45, 2.75) is 67.8 Å². The van der Waals surface area contributed by atoms with E-state index in [1.807, 2.05) is 0 Å². The van der Waals surface area contributed by atoms with Gasteiger partial charge < -0.3 is 37.9 Å². The van der Waals surface area contributed by atoms with Gasteiger partial charge in [0.1, 0.15) is 6.67 Å². The van der Waals surface area contributed by atoms with Crippen LogP contribution in [0.2, 0.25) is 0 Å². The molecule has 1 aliphatic carbocycles. The Kier molecular flexibility index (Phi) is 5.53. The predicted octanol–water partition coefficient (Wildman–Crippen LogP) is -2.45. The highest BCUT2D eigenvalue weighted by Gasteiger charge is 2.48. The lowest BCUT2D eigenvalue weighted by Crippen LogP contribution is -2.65. The first-order valence-electron chi connectivity index (χ1n) is 7.46. The van der Waals surface area contributed by atoms with Crippen molar-refractivity contribution in [2.75, 3.05) is 6.67 Å². The summed E-state index contributed by atoms with van der Waals surface area (Å²) in [7, 11) is 0. The maximum atomic E-state index is 12.7. The second-order valence-corrected chi connectivity index (χ2v) is 6.32. The molecule has 0 aromatic carbocycles. The number of nitrogens with two attached hydrogens (primary N) is 4. The molecular formula is C13H27FN4O3. The molecular weight excluding hydrogens is 279 g/mol. The largest absolute Gasteiger partial charge is 0.390 e. The maximum Gasteiger partial charge on any atom is 0.107 e. The van der Waals surface area contributed by atoms with Crippen LogP contribution in [0.3, 0.4) is 0 Å². The Morgan fingerprint density at radius 3 is 2.33 bits per heavy atom. The molecule has 0 aromatic rings. The van der Waals surface area contributed by atoms with Gasteiger partial charge in [0.05, 0.1) is 30.5 Å². The summed E-state index contributed by atoms with van der Waals surface area (Å²) in [6, 6.07) is -2.06. The Hall–Kier alpha value is -0.350. The molecule has 2 aliphatic rings. The Morgan fingerprint density at radius 2 is 1.71 bits per heavy atom. The van der Waals surface area contributed by atoms with Gasteiger partial charge in [0, 0.05) is 24.0 Å². The zero-order chi connectivity index (χ0) is 15.7. The first-order valence-corrected chi connectivity index (χ1v) is 7.46. The third kappa shape index (κ3) is 3.37. The molecule has 1 saturated carbocycles. The summed E-state index contributed by atoms with van der Waals surface area (Å²) >= 11 is 0. The van der Waals surface area contributed by atoms with E-state index in [0.29, 0.717) is 19.3 Å². The third-order valence-electron chi connectivity index (χ3n) is 4.80. The lowest BCUT2D eigenvalue weighted by Gasteiger charge is -2.48. The molecule has 2 fully saturated rings. The van der Waals surface area contributed by atoms with Gasteiger partial charge in [-0.3, -0.25) is 0 Å². The normalized spacial score (nSPS) is 49.9. The highest BCUT2D eigenvalue weighted by Crippen LogP contribution is 2.33. The van der Waals surface area contributed by atoms with Gasteiger partial charge in [0.15, 0.2) is 0 Å². The summed E-state index contributed by atoms with van der Waals surface area (Å²) in [6.07, 6.45) is -1.64. The van der Waals surface area contributed by atoms with E-state index in [0.717, 1.165) is 0 Å². The summed E-state index contributed by atoms with van der Waals surface area (Å²) in [5.74, 6) is -0.538. The number of ether oxygens (including phenoxy) is 1. The highest BCUT2D eigenvalue weighted by molar-refractivity contribution is 5.03. The van der Waals surface area contributed by atoms with E-state index in [9.17, 15) is 14.6 Å². The second-order valence-electron chi connectivity index (χ2n) is 6.32. The number of alkyl halides is 1. The average molecular weight is 306 g/mol. The van der Waals surface area contributed by atoms with Crippen molar-refractivity contribution < 1.29 is 19.3 Å². The molecule has 0 radical (unpaired) electrons. The number of aliphatic hydroxyl groups is 2. The summed E-state index contributed by atoms with van der Waals surface area (Å²) in [5.41, 5.74) is 23.6. The number of halogens is 1. The third-order valence-corrected chi connectivity index (χ3v) is 4.80. The Balaban J connectivity index is 2.13. The molecule has 9 atom stereocenters. The smallest absolute Gasteiger partial charge is 0.107 e. The molecule has 0 aromatic heterocycles. The molecule has 0 bridgehead atoms. The van der Waals surface area contributed by atoms with E-state index in [1.165, 1.54) is 0 Å². The van der Waals surface area contributed by atoms with Gasteiger partial charge in [-0.2, -0.15) is 0 Å². The van der Waals surface area contributed by atoms with Crippen LogP contribution in [0.1, 0.15) is 19.3 Å². The monoisotopic (exact) mass is 306 g/mol. The van der Waals surface area contributed by atoms with E-state index in [-0.39, 0.29) is 6.04 Å². The fourth-order valence-corrected chi connectivity index (χ4v) is 3.47. The summed E-state index contributed by atoms with van der Waals surface area (Å²) in [5, 5.41) is 20.2. The Morgan fingerprint density at radius 1 is 1.05 bits per heavy atom. The molecule has 124 valence electrons. The summed E-state index contributed by atoms with van der Waals surface area (Å²) < 4.78 is 18.6. The van der Waals surface area contributed by atoms with Crippen molar-refractivity contribution in [1.29, 1.82) is 0 Å². The first-order chi connectivity index (χ1) is 9.86. The minimum atomic E-state index is -1.11. The molecule has 2 rings (SSSR count). The van der Waals surface area contributed by atoms with Gasteiger partial charge in [-0.1, -0.05) is 0 Å². The first kappa shape index (κ1) is 17.0. The van der Waals surface area contributed by atoms with Crippen molar-refractivity contribution in [3.05, 3.63) is 0 Å². The van der Waals surface area contributed by atoms with Gasteiger partial charge in [-0.05, 0) is 19.3 Å². The van der Waals surface area contributed by atoms with Crippen LogP contribution in [0, 0.1) is 5.92 Å². The van der Waals surface area contributed by atoms with E-state index < -0.39 is 55.1 Å². The van der Waals surface area contributed by atoms with Gasteiger partial charge >= 0.3 is 0 Å². The van der Waals surface area contributed by atoms with Gasteiger partial charge in [0.25, 0.3) is 0 Å². The molecule has 0 spiro atoms. The number of rotatable bonds is 3. The van der Waals surface area contributed by atoms with E-state index in [4.69, 9.17) is 27.7 Å². The fourth-order valence-electron chi connectivity index (χ4n) is 3.47. The van der Waals surface area contributed by atoms with Crippen molar-refractivity contribution in [3.63, 3.8) is 0 Å². The van der Waals surface area contributed by atoms with Gasteiger partial charge in [-0.15, -0.1) is 0 Å². The minimum Gasteiger partial charge on any atom is -0.390 e. The Bertz CT molecular complexity index is 351. The van der Waals surface area contributed by atoms with E-state index >= 15 is 0 Å². The topological polar surface area (TPSA) is 154 Å². The molecule has 1 unspecified atom stereocenters. The van der Waals surface area contributed by atoms with E-state index in [1.54, 1.807) is 0 Å². The van der Waals surface area contributed by atoms with Gasteiger partial charge in [-0.25, -0.2) is 4.39 Å². The van der Waals surface area contributed by atoms with Crippen LogP contribution >= 0.6 is 0 Å². The fraction of sp³-hybridized carbons (Fsp3) is 1.00. The number of hydrogen-bond donors (Lipinski definition) is 6. The van der Waals surface area contributed by atoms with Crippen LogP contribution < -0.4 is 22.9 Å². The van der Waals surface area contributed by atoms with Crippen molar-refractivity contribution in [1.82, 2.24) is 0 Å². The molecule has 1 aliphatic heterocycles. The lowest BCUT2D eigenvalue weighted by molar-refractivity contribution is -0.157. The molecule has 21 heavy (non-hydrogen) atoms. The maximum absolute atomic E-state index is 12.7. The second kappa shape index (κ2) is 6.82. The van der Waals surface area contributed by atoms with Crippen molar-refractivity contribution in [2.24, 2.45) is 28.9 Å². The number of hydrogen-bond acceptors (Lipinski definition) is 7. The van der Waals surface area contributed by atoms with Crippen LogP contribution in [0.25, 0.3) is 0 Å². The molecule has 0 amide bonds. The molecule has 1 saturated heterocycles. The molecule has 10 N–H and O–H groups in total. The van der Waals surface area contributed by atoms with Crippen molar-refractivity contribution >= 4 is 0 Å². The van der Waals surface area contributed by atoms with Crippen LogP contribution in [0.5, 0.6) is 0 Å². The van der Waals surface area contributed by atoms with Crippen molar-refractivity contribution in [3.8, 4) is 0 Å². The average Bonchev–Trinajstić information content (AvgIpc) is 2.46. The zero-order valence-corrected chi connectivity index (χ0v) is 12.0. The van der Waals surface area contributed by atoms with Crippen LogP contribution in [0.4, 0.5) is 4.39 Å².